The summed E-state index contributed by atoms with van der Waals surface area (Å²) in [4.78, 5) is 29.9. The molecule has 124 valence electrons. The molecule has 3 heterocycles. The second-order valence-electron chi connectivity index (χ2n) is 5.64. The molecule has 2 bridgehead atoms. The maximum absolute atomic E-state index is 12.0. The molecule has 1 aromatic rings. The molecule has 0 aromatic carbocycles. The van der Waals surface area contributed by atoms with Gasteiger partial charge in [0.1, 0.15) is 11.9 Å². The van der Waals surface area contributed by atoms with Crippen LogP contribution in [0, 0.1) is 12.3 Å². The highest BCUT2D eigenvalue weighted by Crippen LogP contribution is 2.44. The van der Waals surface area contributed by atoms with Gasteiger partial charge in [-0.05, 0) is 26.4 Å². The third-order valence-corrected chi connectivity index (χ3v) is 4.12. The van der Waals surface area contributed by atoms with Crippen molar-refractivity contribution >= 4 is 11.9 Å². The zero-order valence-corrected chi connectivity index (χ0v) is 13.1. The lowest BCUT2D eigenvalue weighted by Gasteiger charge is -2.25. The molecule has 0 saturated carbocycles. The first-order valence-electron chi connectivity index (χ1n) is 7.50. The van der Waals surface area contributed by atoms with Gasteiger partial charge >= 0.3 is 11.9 Å². The Labute approximate surface area is 138 Å². The highest BCUT2D eigenvalue weighted by Gasteiger charge is 2.34. The number of likely N-dealkylation sites (tertiary alicyclic amines) is 1. The summed E-state index contributed by atoms with van der Waals surface area (Å²) in [5.74, 6) is 0.876. The van der Waals surface area contributed by atoms with Crippen molar-refractivity contribution in [3.8, 4) is 24.0 Å². The average molecular weight is 328 g/mol. The Hall–Kier alpha value is -2.69. The summed E-state index contributed by atoms with van der Waals surface area (Å²) in [6, 6.07) is -0.161. The predicted octanol–water partition coefficient (Wildman–Crippen LogP) is 0.895. The Morgan fingerprint density at radius 3 is 2.71 bits per heavy atom. The van der Waals surface area contributed by atoms with Crippen LogP contribution in [0.4, 0.5) is 0 Å². The lowest BCUT2D eigenvalue weighted by molar-refractivity contribution is -0.131. The molecule has 0 spiro atoms. The van der Waals surface area contributed by atoms with Crippen LogP contribution in [0.3, 0.4) is 0 Å². The van der Waals surface area contributed by atoms with Crippen LogP contribution >= 0.6 is 0 Å². The lowest BCUT2D eigenvalue weighted by atomic mass is 10.00. The summed E-state index contributed by atoms with van der Waals surface area (Å²) < 4.78 is 10.6. The number of aliphatic hydroxyl groups is 1. The zero-order chi connectivity index (χ0) is 17.3. The molecule has 1 fully saturated rings. The number of carbonyl (C=O) groups excluding carboxylic acids is 2. The maximum atomic E-state index is 12.0. The SMILES string of the molecule is C#CC(O)c1cnc2c(C3CCCN3C)c1OC(=O)/C=C/C(=O)O2. The van der Waals surface area contributed by atoms with Crippen LogP contribution in [-0.2, 0) is 9.59 Å². The molecule has 2 unspecified atom stereocenters. The molecule has 1 aromatic heterocycles. The normalized spacial score (nSPS) is 23.3. The quantitative estimate of drug-likeness (QED) is 0.637. The van der Waals surface area contributed by atoms with Crippen LogP contribution in [0.5, 0.6) is 11.6 Å². The van der Waals surface area contributed by atoms with Crippen molar-refractivity contribution in [1.82, 2.24) is 9.88 Å². The van der Waals surface area contributed by atoms with Crippen molar-refractivity contribution in [1.29, 1.82) is 0 Å². The van der Waals surface area contributed by atoms with E-state index in [9.17, 15) is 14.7 Å². The van der Waals surface area contributed by atoms with Gasteiger partial charge in [-0.3, -0.25) is 4.90 Å². The number of carbonyl (C=O) groups is 2. The first-order valence-corrected chi connectivity index (χ1v) is 7.50. The Morgan fingerprint density at radius 1 is 1.38 bits per heavy atom. The molecule has 2 aliphatic heterocycles. The number of hydrogen-bond acceptors (Lipinski definition) is 7. The molecule has 7 heteroatoms. The van der Waals surface area contributed by atoms with E-state index < -0.39 is 18.0 Å². The van der Waals surface area contributed by atoms with Crippen LogP contribution in [-0.4, -0.2) is 40.5 Å². The van der Waals surface area contributed by atoms with Gasteiger partial charge in [0.15, 0.2) is 0 Å². The number of hydrogen-bond donors (Lipinski definition) is 1. The van der Waals surface area contributed by atoms with Gasteiger partial charge in [0.05, 0.1) is 11.1 Å². The van der Waals surface area contributed by atoms with Gasteiger partial charge in [0.2, 0.25) is 5.88 Å². The fourth-order valence-corrected chi connectivity index (χ4v) is 2.96. The molecular formula is C17H16N2O5. The van der Waals surface area contributed by atoms with E-state index >= 15 is 0 Å². The number of aliphatic hydroxyl groups excluding tert-OH is 1. The molecule has 1 saturated heterocycles. The Bertz CT molecular complexity index is 765. The van der Waals surface area contributed by atoms with Gasteiger partial charge in [-0.2, -0.15) is 0 Å². The molecule has 7 nitrogen and oxygen atoms in total. The van der Waals surface area contributed by atoms with Gasteiger partial charge in [0.25, 0.3) is 0 Å². The van der Waals surface area contributed by atoms with E-state index in [4.69, 9.17) is 15.9 Å². The van der Waals surface area contributed by atoms with E-state index in [1.807, 2.05) is 11.9 Å². The third-order valence-electron chi connectivity index (χ3n) is 4.12. The fourth-order valence-electron chi connectivity index (χ4n) is 2.96. The number of fused-ring (bicyclic) bond motifs is 2. The van der Waals surface area contributed by atoms with Crippen molar-refractivity contribution < 1.29 is 24.2 Å². The van der Waals surface area contributed by atoms with Crippen molar-refractivity contribution in [2.24, 2.45) is 0 Å². The minimum absolute atomic E-state index is 0.0565. The van der Waals surface area contributed by atoms with E-state index in [0.29, 0.717) is 5.56 Å². The zero-order valence-electron chi connectivity index (χ0n) is 13.1. The molecule has 1 N–H and O–H groups in total. The summed E-state index contributed by atoms with van der Waals surface area (Å²) in [6.45, 7) is 0.839. The topological polar surface area (TPSA) is 89.0 Å². The molecule has 2 aliphatic rings. The molecule has 24 heavy (non-hydrogen) atoms. The highest BCUT2D eigenvalue weighted by molar-refractivity contribution is 5.94. The van der Waals surface area contributed by atoms with Crippen LogP contribution < -0.4 is 9.47 Å². The third kappa shape index (κ3) is 2.89. The monoisotopic (exact) mass is 328 g/mol. The lowest BCUT2D eigenvalue weighted by Crippen LogP contribution is -2.21. The summed E-state index contributed by atoms with van der Waals surface area (Å²) in [5, 5.41) is 10.1. The molecule has 0 radical (unpaired) electrons. The van der Waals surface area contributed by atoms with E-state index in [-0.39, 0.29) is 23.2 Å². The molecule has 0 aliphatic carbocycles. The maximum Gasteiger partial charge on any atom is 0.337 e. The predicted molar refractivity (Wildman–Crippen MR) is 83.0 cm³/mol. The Kier molecular flexibility index (Phi) is 4.34. The van der Waals surface area contributed by atoms with Crippen molar-refractivity contribution in [2.75, 3.05) is 13.6 Å². The smallest absolute Gasteiger partial charge is 0.337 e. The van der Waals surface area contributed by atoms with E-state index in [0.717, 1.165) is 31.5 Å². The van der Waals surface area contributed by atoms with Gasteiger partial charge < -0.3 is 14.6 Å². The number of ether oxygens (including phenoxy) is 2. The average Bonchev–Trinajstić information content (AvgIpc) is 2.98. The summed E-state index contributed by atoms with van der Waals surface area (Å²) in [6.07, 6.45) is 8.91. The molecule has 2 atom stereocenters. The van der Waals surface area contributed by atoms with Crippen molar-refractivity contribution in [3.05, 3.63) is 29.5 Å². The van der Waals surface area contributed by atoms with Crippen LogP contribution in [0.2, 0.25) is 0 Å². The number of nitrogens with zero attached hydrogens (tertiary/aromatic N) is 2. The van der Waals surface area contributed by atoms with E-state index in [2.05, 4.69) is 10.9 Å². The van der Waals surface area contributed by atoms with Gasteiger partial charge in [-0.1, -0.05) is 5.92 Å². The second kappa shape index (κ2) is 6.43. The first-order chi connectivity index (χ1) is 11.5. The van der Waals surface area contributed by atoms with Gasteiger partial charge in [0, 0.05) is 24.4 Å². The largest absolute Gasteiger partial charge is 0.422 e. The minimum Gasteiger partial charge on any atom is -0.422 e. The minimum atomic E-state index is -1.29. The van der Waals surface area contributed by atoms with E-state index in [1.165, 1.54) is 6.20 Å². The van der Waals surface area contributed by atoms with E-state index in [1.54, 1.807) is 0 Å². The molecule has 0 amide bonds. The van der Waals surface area contributed by atoms with Gasteiger partial charge in [-0.25, -0.2) is 14.6 Å². The van der Waals surface area contributed by atoms with Crippen molar-refractivity contribution in [3.63, 3.8) is 0 Å². The molecular weight excluding hydrogens is 312 g/mol. The first kappa shape index (κ1) is 16.2. The van der Waals surface area contributed by atoms with Crippen LogP contribution in [0.15, 0.2) is 18.3 Å². The number of aromatic nitrogens is 1. The van der Waals surface area contributed by atoms with Crippen LogP contribution in [0.25, 0.3) is 0 Å². The summed E-state index contributed by atoms with van der Waals surface area (Å²) >= 11 is 0. The Morgan fingerprint density at radius 2 is 2.08 bits per heavy atom. The number of terminal acetylenes is 1. The van der Waals surface area contributed by atoms with Gasteiger partial charge in [-0.15, -0.1) is 6.42 Å². The fraction of sp³-hybridized carbons (Fsp3) is 0.353. The van der Waals surface area contributed by atoms with Crippen LogP contribution in [0.1, 0.15) is 36.1 Å². The molecule has 3 rings (SSSR count). The number of esters is 2. The van der Waals surface area contributed by atoms with Crippen molar-refractivity contribution in [2.45, 2.75) is 25.0 Å². The Balaban J connectivity index is 2.23. The standard InChI is InChI=1S/C17H16N2O5/c1-3-12(20)10-9-18-17-15(11-5-4-8-19(11)2)16(10)23-13(21)6-7-14(22)24-17/h1,6-7,9,11-12,20H,4-5,8H2,2H3/b7-6+. The highest BCUT2D eigenvalue weighted by atomic mass is 16.6. The second-order valence-corrected chi connectivity index (χ2v) is 5.64. The number of rotatable bonds is 2. The summed E-state index contributed by atoms with van der Waals surface area (Å²) in [5.41, 5.74) is 0.642. The summed E-state index contributed by atoms with van der Waals surface area (Å²) in [7, 11) is 1.91. The number of pyridine rings is 1.